The van der Waals surface area contributed by atoms with Crippen LogP contribution in [0.25, 0.3) is 21.7 Å². The summed E-state index contributed by atoms with van der Waals surface area (Å²) in [7, 11) is 0. The molecule has 13 heavy (non-hydrogen) atoms. The molecule has 0 aliphatic carbocycles. The molecule has 2 heterocycles. The lowest BCUT2D eigenvalue weighted by atomic mass is 10.1. The van der Waals surface area contributed by atoms with Crippen molar-refractivity contribution in [3.8, 4) is 0 Å². The van der Waals surface area contributed by atoms with Gasteiger partial charge < -0.3 is 4.98 Å². The van der Waals surface area contributed by atoms with Gasteiger partial charge in [0.15, 0.2) is 0 Å². The van der Waals surface area contributed by atoms with E-state index in [1.54, 1.807) is 0 Å². The Bertz CT molecular complexity index is 566. The van der Waals surface area contributed by atoms with Crippen LogP contribution in [0.5, 0.6) is 0 Å². The second kappa shape index (κ2) is 2.33. The first-order valence-electron chi connectivity index (χ1n) is 4.25. The molecule has 3 aromatic rings. The van der Waals surface area contributed by atoms with E-state index in [-0.39, 0.29) is 0 Å². The fourth-order valence-corrected chi connectivity index (χ4v) is 1.68. The molecule has 62 valence electrons. The standard InChI is InChI=1S/C11H8N2/c1-2-8-3-4-9-6-12-7-10(9)11(8)13-5-1/h1-7,13H. The van der Waals surface area contributed by atoms with Gasteiger partial charge in [0.1, 0.15) is 0 Å². The fourth-order valence-electron chi connectivity index (χ4n) is 1.68. The normalized spacial score (nSPS) is 11.1. The van der Waals surface area contributed by atoms with Crippen LogP contribution >= 0.6 is 0 Å². The van der Waals surface area contributed by atoms with E-state index in [1.165, 1.54) is 16.2 Å². The number of rotatable bonds is 0. The van der Waals surface area contributed by atoms with Crippen molar-refractivity contribution in [2.24, 2.45) is 0 Å². The Balaban J connectivity index is 2.65. The van der Waals surface area contributed by atoms with Crippen LogP contribution in [0.15, 0.2) is 42.9 Å². The number of nitrogens with one attached hydrogen (secondary N) is 1. The Hall–Kier alpha value is -1.83. The molecule has 0 spiro atoms. The largest absolute Gasteiger partial charge is 0.361 e. The summed E-state index contributed by atoms with van der Waals surface area (Å²) in [5, 5.41) is 3.61. The zero-order chi connectivity index (χ0) is 8.67. The van der Waals surface area contributed by atoms with E-state index in [9.17, 15) is 0 Å². The highest BCUT2D eigenvalue weighted by Gasteiger charge is 1.99. The number of aromatic amines is 1. The van der Waals surface area contributed by atoms with E-state index in [4.69, 9.17) is 0 Å². The van der Waals surface area contributed by atoms with Crippen LogP contribution < -0.4 is 0 Å². The van der Waals surface area contributed by atoms with Gasteiger partial charge in [-0.1, -0.05) is 18.2 Å². The van der Waals surface area contributed by atoms with Crippen LogP contribution in [0.4, 0.5) is 0 Å². The third-order valence-corrected chi connectivity index (χ3v) is 2.33. The molecule has 0 atom stereocenters. The smallest absolute Gasteiger partial charge is 0.0549 e. The maximum absolute atomic E-state index is 4.13. The van der Waals surface area contributed by atoms with Gasteiger partial charge in [-0.05, 0) is 11.5 Å². The molecule has 0 saturated carbocycles. The summed E-state index contributed by atoms with van der Waals surface area (Å²) in [6, 6.07) is 8.30. The Kier molecular flexibility index (Phi) is 1.19. The van der Waals surface area contributed by atoms with E-state index in [2.05, 4.69) is 28.2 Å². The van der Waals surface area contributed by atoms with E-state index in [1.807, 2.05) is 24.7 Å². The zero-order valence-corrected chi connectivity index (χ0v) is 6.99. The van der Waals surface area contributed by atoms with Crippen molar-refractivity contribution in [3.05, 3.63) is 42.9 Å². The summed E-state index contributed by atoms with van der Waals surface area (Å²) in [5.41, 5.74) is 1.16. The van der Waals surface area contributed by atoms with Gasteiger partial charge in [-0.3, -0.25) is 4.98 Å². The molecule has 2 heteroatoms. The second-order valence-electron chi connectivity index (χ2n) is 3.11. The molecule has 3 rings (SSSR count). The minimum Gasteiger partial charge on any atom is -0.361 e. The molecule has 0 unspecified atom stereocenters. The molecule has 0 aliphatic heterocycles. The van der Waals surface area contributed by atoms with Crippen molar-refractivity contribution < 1.29 is 0 Å². The monoisotopic (exact) mass is 168 g/mol. The number of nitrogens with zero attached hydrogens (tertiary/aromatic N) is 1. The van der Waals surface area contributed by atoms with Crippen LogP contribution in [0.3, 0.4) is 0 Å². The van der Waals surface area contributed by atoms with Crippen LogP contribution in [0.1, 0.15) is 0 Å². The van der Waals surface area contributed by atoms with Gasteiger partial charge in [0.2, 0.25) is 0 Å². The van der Waals surface area contributed by atoms with Crippen LogP contribution in [-0.2, 0) is 0 Å². The Labute approximate surface area is 75.2 Å². The number of fused-ring (bicyclic) bond motifs is 3. The van der Waals surface area contributed by atoms with Gasteiger partial charge in [0.25, 0.3) is 0 Å². The molecule has 2 nitrogen and oxygen atoms in total. The predicted octanol–water partition coefficient (Wildman–Crippen LogP) is 2.72. The minimum absolute atomic E-state index is 1.16. The topological polar surface area (TPSA) is 28.7 Å². The van der Waals surface area contributed by atoms with Crippen molar-refractivity contribution in [2.75, 3.05) is 0 Å². The molecule has 0 fully saturated rings. The van der Waals surface area contributed by atoms with Crippen molar-refractivity contribution in [3.63, 3.8) is 0 Å². The fraction of sp³-hybridized carbons (Fsp3) is 0. The lowest BCUT2D eigenvalue weighted by Crippen LogP contribution is -1.76. The molecular formula is C11H8N2. The van der Waals surface area contributed by atoms with E-state index in [0.29, 0.717) is 0 Å². The number of H-pyrrole nitrogens is 1. The van der Waals surface area contributed by atoms with Crippen molar-refractivity contribution in [1.82, 2.24) is 9.97 Å². The van der Waals surface area contributed by atoms with Crippen LogP contribution in [-0.4, -0.2) is 9.97 Å². The number of aromatic nitrogens is 2. The Morgan fingerprint density at radius 2 is 1.92 bits per heavy atom. The van der Waals surface area contributed by atoms with Gasteiger partial charge in [0, 0.05) is 29.4 Å². The van der Waals surface area contributed by atoms with Gasteiger partial charge in [-0.25, -0.2) is 0 Å². The highest BCUT2D eigenvalue weighted by Crippen LogP contribution is 2.22. The summed E-state index contributed by atoms with van der Waals surface area (Å²) in [5.74, 6) is 0. The molecule has 0 saturated heterocycles. The van der Waals surface area contributed by atoms with Gasteiger partial charge in [-0.15, -0.1) is 0 Å². The number of hydrogen-bond donors (Lipinski definition) is 1. The molecule has 0 amide bonds. The second-order valence-corrected chi connectivity index (χ2v) is 3.11. The SMILES string of the molecule is c1c[nH]c2c(c1)ccc1cncc12. The molecule has 0 aliphatic rings. The average Bonchev–Trinajstić information content (AvgIpc) is 2.65. The van der Waals surface area contributed by atoms with Crippen LogP contribution in [0, 0.1) is 0 Å². The quantitative estimate of drug-likeness (QED) is 0.549. The summed E-state index contributed by atoms with van der Waals surface area (Å²) in [6.45, 7) is 0. The van der Waals surface area contributed by atoms with Gasteiger partial charge >= 0.3 is 0 Å². The molecule has 0 radical (unpaired) electrons. The summed E-state index contributed by atoms with van der Waals surface area (Å²) in [6.07, 6.45) is 5.72. The van der Waals surface area contributed by atoms with Crippen molar-refractivity contribution in [2.45, 2.75) is 0 Å². The van der Waals surface area contributed by atoms with E-state index < -0.39 is 0 Å². The number of pyridine rings is 1. The summed E-state index contributed by atoms with van der Waals surface area (Å²) in [4.78, 5) is 7.37. The molecule has 2 aromatic heterocycles. The first-order chi connectivity index (χ1) is 6.45. The van der Waals surface area contributed by atoms with Crippen molar-refractivity contribution >= 4 is 21.7 Å². The van der Waals surface area contributed by atoms with E-state index in [0.717, 1.165) is 5.52 Å². The Morgan fingerprint density at radius 1 is 1.00 bits per heavy atom. The third kappa shape index (κ3) is 0.855. The van der Waals surface area contributed by atoms with Gasteiger partial charge in [0.05, 0.1) is 5.52 Å². The predicted molar refractivity (Wildman–Crippen MR) is 53.6 cm³/mol. The highest BCUT2D eigenvalue weighted by molar-refractivity contribution is 6.04. The minimum atomic E-state index is 1.16. The first kappa shape index (κ1) is 6.66. The third-order valence-electron chi connectivity index (χ3n) is 2.33. The average molecular weight is 168 g/mol. The number of benzene rings is 1. The maximum Gasteiger partial charge on any atom is 0.0549 e. The maximum atomic E-state index is 4.13. The highest BCUT2D eigenvalue weighted by atomic mass is 14.7. The number of hydrogen-bond acceptors (Lipinski definition) is 1. The lowest BCUT2D eigenvalue weighted by Gasteiger charge is -1.98. The van der Waals surface area contributed by atoms with Gasteiger partial charge in [-0.2, -0.15) is 0 Å². The Morgan fingerprint density at radius 3 is 2.92 bits per heavy atom. The first-order valence-corrected chi connectivity index (χ1v) is 4.25. The molecule has 1 aromatic carbocycles. The molecular weight excluding hydrogens is 160 g/mol. The van der Waals surface area contributed by atoms with E-state index >= 15 is 0 Å². The summed E-state index contributed by atoms with van der Waals surface area (Å²) < 4.78 is 0. The molecule has 1 N–H and O–H groups in total. The zero-order valence-electron chi connectivity index (χ0n) is 6.99. The van der Waals surface area contributed by atoms with Crippen LogP contribution in [0.2, 0.25) is 0 Å². The lowest BCUT2D eigenvalue weighted by molar-refractivity contribution is 1.41. The summed E-state index contributed by atoms with van der Waals surface area (Å²) >= 11 is 0. The molecule has 0 bridgehead atoms. The van der Waals surface area contributed by atoms with Crippen molar-refractivity contribution in [1.29, 1.82) is 0 Å².